The first-order chi connectivity index (χ1) is 18.7. The number of nitrogens with one attached hydrogen (secondary N) is 1. The highest BCUT2D eigenvalue weighted by Crippen LogP contribution is 2.19. The summed E-state index contributed by atoms with van der Waals surface area (Å²) >= 11 is 0. The monoisotopic (exact) mass is 555 g/mol. The number of hydrogen-bond donors (Lipinski definition) is 1. The summed E-state index contributed by atoms with van der Waals surface area (Å²) in [5, 5.41) is 6.93. The summed E-state index contributed by atoms with van der Waals surface area (Å²) in [5.74, 6) is 2.02. The molecule has 40 heavy (non-hydrogen) atoms. The van der Waals surface area contributed by atoms with Gasteiger partial charge in [-0.25, -0.2) is 0 Å². The van der Waals surface area contributed by atoms with Gasteiger partial charge in [0.05, 0.1) is 19.5 Å². The van der Waals surface area contributed by atoms with E-state index >= 15 is 0 Å². The zero-order valence-electron chi connectivity index (χ0n) is 25.3. The van der Waals surface area contributed by atoms with E-state index in [-0.39, 0.29) is 23.1 Å². The molecule has 2 aromatic rings. The van der Waals surface area contributed by atoms with Crippen molar-refractivity contribution in [1.82, 2.24) is 0 Å². The maximum atomic E-state index is 9.87. The van der Waals surface area contributed by atoms with Crippen molar-refractivity contribution in [3.05, 3.63) is 72.0 Å². The van der Waals surface area contributed by atoms with Gasteiger partial charge in [-0.3, -0.25) is 10.2 Å². The first-order valence-electron chi connectivity index (χ1n) is 12.8. The fourth-order valence-corrected chi connectivity index (χ4v) is 2.70. The zero-order valence-corrected chi connectivity index (χ0v) is 25.3. The molecular weight excluding hydrogens is 510 g/mol. The molecule has 2 rings (SSSR count). The Morgan fingerprint density at radius 1 is 0.850 bits per heavy atom. The van der Waals surface area contributed by atoms with Crippen molar-refractivity contribution in [2.24, 2.45) is 5.41 Å². The number of carbonyl (C=O) groups is 1. The summed E-state index contributed by atoms with van der Waals surface area (Å²) in [7, 11) is 0. The molecule has 0 aliphatic carbocycles. The third-order valence-corrected chi connectivity index (χ3v) is 3.97. The van der Waals surface area contributed by atoms with Gasteiger partial charge in [-0.2, -0.15) is 9.59 Å². The second-order valence-electron chi connectivity index (χ2n) is 10.1. The van der Waals surface area contributed by atoms with Crippen LogP contribution in [0.5, 0.6) is 11.5 Å². The largest absolute Gasteiger partial charge is 0.494 e. The first kappa shape index (κ1) is 38.0. The van der Waals surface area contributed by atoms with Crippen LogP contribution in [0.25, 0.3) is 12.2 Å². The van der Waals surface area contributed by atoms with Gasteiger partial charge in [0.1, 0.15) is 17.1 Å². The molecule has 220 valence electrons. The van der Waals surface area contributed by atoms with E-state index in [2.05, 4.69) is 49.8 Å². The van der Waals surface area contributed by atoms with E-state index in [1.54, 1.807) is 13.0 Å². The van der Waals surface area contributed by atoms with Crippen LogP contribution in [0.4, 0.5) is 0 Å². The minimum atomic E-state index is -0.203. The zero-order chi connectivity index (χ0) is 31.0. The van der Waals surface area contributed by atoms with E-state index in [4.69, 9.17) is 29.2 Å². The van der Waals surface area contributed by atoms with Gasteiger partial charge < -0.3 is 18.9 Å². The van der Waals surface area contributed by atoms with Gasteiger partial charge in [-0.05, 0) is 81.5 Å². The summed E-state index contributed by atoms with van der Waals surface area (Å²) in [6.07, 6.45) is 7.62. The van der Waals surface area contributed by atoms with Crippen molar-refractivity contribution in [3.63, 3.8) is 0 Å². The molecule has 0 saturated carbocycles. The van der Waals surface area contributed by atoms with Crippen molar-refractivity contribution >= 4 is 30.7 Å². The molecule has 0 saturated heterocycles. The third-order valence-electron chi connectivity index (χ3n) is 3.97. The van der Waals surface area contributed by atoms with Crippen molar-refractivity contribution in [2.75, 3.05) is 13.2 Å². The molecule has 0 spiro atoms. The summed E-state index contributed by atoms with van der Waals surface area (Å²) in [5.41, 5.74) is 2.14. The van der Waals surface area contributed by atoms with Crippen LogP contribution in [0.3, 0.4) is 0 Å². The summed E-state index contributed by atoms with van der Waals surface area (Å²) in [6.45, 7) is 19.6. The molecule has 0 radical (unpaired) electrons. The fourth-order valence-electron chi connectivity index (χ4n) is 2.70. The quantitative estimate of drug-likeness (QED) is 0.155. The molecule has 0 amide bonds. The first-order valence-corrected chi connectivity index (χ1v) is 12.8. The number of allylic oxidation sites excluding steroid dienone is 1. The van der Waals surface area contributed by atoms with E-state index in [1.165, 1.54) is 11.8 Å². The third kappa shape index (κ3) is 25.5. The molecule has 0 atom stereocenters. The van der Waals surface area contributed by atoms with Gasteiger partial charge in [-0.1, -0.05) is 57.2 Å². The Morgan fingerprint density at radius 2 is 1.30 bits per heavy atom. The van der Waals surface area contributed by atoms with Gasteiger partial charge in [0.15, 0.2) is 5.90 Å². The predicted molar refractivity (Wildman–Crippen MR) is 159 cm³/mol. The highest BCUT2D eigenvalue weighted by Gasteiger charge is 2.10. The number of hydrogen-bond acceptors (Lipinski definition) is 8. The van der Waals surface area contributed by atoms with Crippen LogP contribution in [0.2, 0.25) is 0 Å². The Bertz CT molecular complexity index is 1070. The van der Waals surface area contributed by atoms with Gasteiger partial charge in [0, 0.05) is 6.92 Å². The molecule has 0 aliphatic heterocycles. The maximum absolute atomic E-state index is 9.87. The van der Waals surface area contributed by atoms with Gasteiger partial charge in [0.2, 0.25) is 0 Å². The Kier molecular flexibility index (Phi) is 20.6. The highest BCUT2D eigenvalue weighted by atomic mass is 16.5. The van der Waals surface area contributed by atoms with Crippen LogP contribution < -0.4 is 9.47 Å². The minimum absolute atomic E-state index is 0.203. The molecule has 8 nitrogen and oxygen atoms in total. The smallest absolute Gasteiger partial charge is 0.373 e. The average Bonchev–Trinajstić information content (AvgIpc) is 2.83. The highest BCUT2D eigenvalue weighted by molar-refractivity contribution is 5.69. The Labute approximate surface area is 239 Å². The minimum Gasteiger partial charge on any atom is -0.494 e. The van der Waals surface area contributed by atoms with Crippen LogP contribution in [0.1, 0.15) is 73.4 Å². The topological polar surface area (TPSA) is 112 Å². The van der Waals surface area contributed by atoms with Crippen molar-refractivity contribution in [3.8, 4) is 11.5 Å². The number of carbonyl (C=O) groups excluding carboxylic acids is 3. The second kappa shape index (κ2) is 21.7. The molecule has 0 bridgehead atoms. The van der Waals surface area contributed by atoms with Crippen LogP contribution in [0.15, 0.2) is 60.9 Å². The summed E-state index contributed by atoms with van der Waals surface area (Å²) in [6, 6.07) is 15.7. The lowest BCUT2D eigenvalue weighted by Gasteiger charge is -2.19. The van der Waals surface area contributed by atoms with Gasteiger partial charge in [-0.15, -0.1) is 0 Å². The number of rotatable bonds is 8. The molecule has 2 aromatic carbocycles. The van der Waals surface area contributed by atoms with E-state index in [9.17, 15) is 4.79 Å². The van der Waals surface area contributed by atoms with E-state index < -0.39 is 0 Å². The van der Waals surface area contributed by atoms with E-state index in [1.807, 2.05) is 71.0 Å². The SMILES string of the molecule is CC(=N)OC(C)(C)C.CCOc1cccc(/C=C/C(C)(C)C)c1.CCOc1cccc(/C=C/OC=O)c1.O=C=O. The molecule has 0 fully saturated rings. The molecule has 8 heteroatoms. The standard InChI is InChI=1S/C14H20O.C11H12O3.C6H13NO.CO2/c1-5-15-13-8-6-7-12(11-13)9-10-14(2,3)4;1-2-14-11-5-3-4-10(8-11)6-7-13-9-12;1-5(7)8-6(2,3)4;2-1-3/h6-11H,5H2,1-4H3;3-9H,2H2,1H3;7H,1-4H3;/b10-9+;7-6+;;. The Hall–Kier alpha value is -4.16. The normalized spacial score (nSPS) is 10.4. The van der Waals surface area contributed by atoms with Crippen molar-refractivity contribution < 1.29 is 33.3 Å². The van der Waals surface area contributed by atoms with E-state index in [0.717, 1.165) is 17.1 Å². The molecule has 0 aliphatic rings. The predicted octanol–water partition coefficient (Wildman–Crippen LogP) is 7.59. The lowest BCUT2D eigenvalue weighted by molar-refractivity contribution is -0.191. The summed E-state index contributed by atoms with van der Waals surface area (Å²) < 4.78 is 20.2. The number of benzene rings is 2. The lowest BCUT2D eigenvalue weighted by Crippen LogP contribution is -2.21. The van der Waals surface area contributed by atoms with Gasteiger partial charge >= 0.3 is 6.15 Å². The van der Waals surface area contributed by atoms with Crippen molar-refractivity contribution in [1.29, 1.82) is 5.41 Å². The van der Waals surface area contributed by atoms with E-state index in [0.29, 0.717) is 19.7 Å². The second-order valence-corrected chi connectivity index (χ2v) is 10.1. The number of ether oxygens (including phenoxy) is 4. The lowest BCUT2D eigenvalue weighted by atomic mass is 9.95. The van der Waals surface area contributed by atoms with Crippen LogP contribution >= 0.6 is 0 Å². The van der Waals surface area contributed by atoms with Crippen molar-refractivity contribution in [2.45, 2.75) is 67.9 Å². The fraction of sp³-hybridized carbons (Fsp3) is 0.406. The Balaban J connectivity index is 0. The average molecular weight is 556 g/mol. The molecule has 0 aromatic heterocycles. The molecule has 0 heterocycles. The van der Waals surface area contributed by atoms with Crippen LogP contribution in [0, 0.1) is 10.8 Å². The maximum Gasteiger partial charge on any atom is 0.373 e. The molecule has 1 N–H and O–H groups in total. The summed E-state index contributed by atoms with van der Waals surface area (Å²) in [4.78, 5) is 26.1. The molecular formula is C32H45NO7. The Morgan fingerprint density at radius 3 is 1.62 bits per heavy atom. The molecule has 0 unspecified atom stereocenters. The van der Waals surface area contributed by atoms with Crippen LogP contribution in [-0.2, 0) is 23.9 Å². The van der Waals surface area contributed by atoms with Gasteiger partial charge in [0.25, 0.3) is 6.47 Å². The van der Waals surface area contributed by atoms with Crippen LogP contribution in [-0.4, -0.2) is 37.3 Å².